The molecule has 3 rings (SSSR count). The lowest BCUT2D eigenvalue weighted by Gasteiger charge is -2.34. The molecular weight excluding hydrogens is 597 g/mol. The summed E-state index contributed by atoms with van der Waals surface area (Å²) in [6, 6.07) is 19.1. The molecule has 0 aliphatic heterocycles. The number of hydrogen-bond acceptors (Lipinski definition) is 6. The quantitative estimate of drug-likeness (QED) is 0.235. The van der Waals surface area contributed by atoms with Crippen LogP contribution in [-0.2, 0) is 45.5 Å². The summed E-state index contributed by atoms with van der Waals surface area (Å²) in [6.45, 7) is 1.82. The van der Waals surface area contributed by atoms with Gasteiger partial charge in [0.1, 0.15) is 11.8 Å². The Balaban J connectivity index is 1.97. The number of amides is 2. The summed E-state index contributed by atoms with van der Waals surface area (Å²) in [6.07, 6.45) is -4.76. The van der Waals surface area contributed by atoms with Gasteiger partial charge in [0.05, 0.1) is 12.9 Å². The van der Waals surface area contributed by atoms with Crippen molar-refractivity contribution in [2.75, 3.05) is 19.4 Å². The number of nitrogens with zero attached hydrogens (tertiary/aromatic N) is 1. The molecule has 0 bridgehead atoms. The van der Waals surface area contributed by atoms with Crippen LogP contribution in [0.4, 0.5) is 13.2 Å². The van der Waals surface area contributed by atoms with Gasteiger partial charge in [0, 0.05) is 32.1 Å². The fraction of sp³-hybridized carbons (Fsp3) is 0.355. The minimum atomic E-state index is -5.33. The van der Waals surface area contributed by atoms with Gasteiger partial charge in [-0.25, -0.2) is 13.1 Å². The van der Waals surface area contributed by atoms with Crippen molar-refractivity contribution >= 4 is 21.8 Å². The number of hydrogen-bond donors (Lipinski definition) is 3. The normalized spacial score (nSPS) is 13.1. The van der Waals surface area contributed by atoms with Crippen molar-refractivity contribution in [3.8, 4) is 5.75 Å². The van der Waals surface area contributed by atoms with Crippen LogP contribution in [0, 0.1) is 0 Å². The van der Waals surface area contributed by atoms with Crippen molar-refractivity contribution in [3.63, 3.8) is 0 Å². The lowest BCUT2D eigenvalue weighted by atomic mass is 10.0. The molecular formula is C31H37F3N4O5S. The van der Waals surface area contributed by atoms with Crippen LogP contribution in [0.25, 0.3) is 0 Å². The van der Waals surface area contributed by atoms with E-state index in [0.717, 1.165) is 11.8 Å². The average Bonchev–Trinajstić information content (AvgIpc) is 2.98. The van der Waals surface area contributed by atoms with Gasteiger partial charge in [-0.2, -0.15) is 13.2 Å². The number of carbonyl (C=O) groups excluding carboxylic acids is 2. The molecule has 3 aromatic rings. The monoisotopic (exact) mass is 634 g/mol. The Hall–Kier alpha value is -3.94. The van der Waals surface area contributed by atoms with Crippen molar-refractivity contribution in [1.82, 2.24) is 14.9 Å². The molecule has 44 heavy (non-hydrogen) atoms. The lowest BCUT2D eigenvalue weighted by Crippen LogP contribution is -2.58. The van der Waals surface area contributed by atoms with E-state index in [2.05, 4.69) is 10.0 Å². The maximum atomic E-state index is 14.0. The summed E-state index contributed by atoms with van der Waals surface area (Å²) < 4.78 is 74.4. The second-order valence-electron chi connectivity index (χ2n) is 10.3. The van der Waals surface area contributed by atoms with Gasteiger partial charge in [-0.05, 0) is 47.7 Å². The summed E-state index contributed by atoms with van der Waals surface area (Å²) in [5.41, 5.74) is 8.26. The molecule has 0 radical (unpaired) electrons. The van der Waals surface area contributed by atoms with Crippen LogP contribution >= 0.6 is 0 Å². The molecule has 0 saturated carbocycles. The molecule has 0 aromatic heterocycles. The number of rotatable bonds is 15. The molecule has 4 N–H and O–H groups in total. The summed E-state index contributed by atoms with van der Waals surface area (Å²) in [4.78, 5) is 26.9. The van der Waals surface area contributed by atoms with Gasteiger partial charge in [0.2, 0.25) is 15.9 Å². The van der Waals surface area contributed by atoms with Crippen molar-refractivity contribution in [3.05, 3.63) is 101 Å². The zero-order chi connectivity index (χ0) is 32.3. The zero-order valence-corrected chi connectivity index (χ0v) is 25.3. The minimum Gasteiger partial charge on any atom is -0.494 e. The van der Waals surface area contributed by atoms with Crippen LogP contribution in [-0.4, -0.2) is 62.8 Å². The molecule has 9 nitrogen and oxygen atoms in total. The first-order chi connectivity index (χ1) is 20.8. The molecule has 2 atom stereocenters. The van der Waals surface area contributed by atoms with E-state index in [-0.39, 0.29) is 19.4 Å². The molecule has 0 aliphatic rings. The predicted octanol–water partition coefficient (Wildman–Crippen LogP) is 3.32. The smallest absolute Gasteiger partial charge is 0.471 e. The van der Waals surface area contributed by atoms with E-state index in [1.807, 2.05) is 6.92 Å². The second kappa shape index (κ2) is 15.7. The van der Waals surface area contributed by atoms with Crippen LogP contribution in [0.3, 0.4) is 0 Å². The highest BCUT2D eigenvalue weighted by Crippen LogP contribution is 2.23. The fourth-order valence-corrected chi connectivity index (χ4v) is 5.42. The van der Waals surface area contributed by atoms with Gasteiger partial charge in [-0.1, -0.05) is 66.7 Å². The van der Waals surface area contributed by atoms with E-state index >= 15 is 0 Å². The van der Waals surface area contributed by atoms with Crippen molar-refractivity contribution < 1.29 is 35.9 Å². The van der Waals surface area contributed by atoms with Crippen LogP contribution in [0.1, 0.15) is 29.2 Å². The predicted molar refractivity (Wildman–Crippen MR) is 161 cm³/mol. The Labute approximate surface area is 255 Å². The third-order valence-electron chi connectivity index (χ3n) is 6.69. The van der Waals surface area contributed by atoms with Crippen molar-refractivity contribution in [1.29, 1.82) is 0 Å². The number of carbonyl (C=O) groups is 2. The number of benzene rings is 3. The largest absolute Gasteiger partial charge is 0.494 e. The van der Waals surface area contributed by atoms with Gasteiger partial charge in [-0.15, -0.1) is 0 Å². The molecule has 0 heterocycles. The highest BCUT2D eigenvalue weighted by atomic mass is 32.2. The average molecular weight is 635 g/mol. The zero-order valence-electron chi connectivity index (χ0n) is 24.5. The highest BCUT2D eigenvalue weighted by molar-refractivity contribution is 7.88. The van der Waals surface area contributed by atoms with E-state index in [4.69, 9.17) is 10.5 Å². The first-order valence-electron chi connectivity index (χ1n) is 14.0. The molecule has 0 aliphatic carbocycles. The minimum absolute atomic E-state index is 0.0137. The first-order valence-corrected chi connectivity index (χ1v) is 15.8. The first kappa shape index (κ1) is 34.5. The molecule has 2 amide bonds. The third kappa shape index (κ3) is 11.0. The maximum Gasteiger partial charge on any atom is 0.471 e. The van der Waals surface area contributed by atoms with Gasteiger partial charge < -0.3 is 20.7 Å². The molecule has 0 fully saturated rings. The van der Waals surface area contributed by atoms with E-state index < -0.39 is 46.6 Å². The van der Waals surface area contributed by atoms with Gasteiger partial charge in [0.15, 0.2) is 0 Å². The maximum absolute atomic E-state index is 14.0. The molecule has 3 aromatic carbocycles. The van der Waals surface area contributed by atoms with Crippen LogP contribution in [0.5, 0.6) is 5.75 Å². The lowest BCUT2D eigenvalue weighted by molar-refractivity contribution is -0.188. The van der Waals surface area contributed by atoms with Crippen LogP contribution in [0.15, 0.2) is 78.9 Å². The van der Waals surface area contributed by atoms with Crippen molar-refractivity contribution in [2.45, 2.75) is 51.1 Å². The van der Waals surface area contributed by atoms with E-state index in [1.54, 1.807) is 78.9 Å². The Kier molecular flexibility index (Phi) is 12.3. The Morgan fingerprint density at radius 3 is 2.00 bits per heavy atom. The van der Waals surface area contributed by atoms with E-state index in [9.17, 15) is 31.2 Å². The number of nitrogens with one attached hydrogen (secondary N) is 2. The molecule has 0 saturated heterocycles. The third-order valence-corrected chi connectivity index (χ3v) is 7.46. The van der Waals surface area contributed by atoms with Crippen molar-refractivity contribution in [2.24, 2.45) is 5.73 Å². The Bertz CT molecular complexity index is 1470. The number of alkyl halides is 3. The molecule has 13 heteroatoms. The van der Waals surface area contributed by atoms with Crippen LogP contribution in [0.2, 0.25) is 0 Å². The molecule has 0 spiro atoms. The summed E-state index contributed by atoms with van der Waals surface area (Å²) in [7, 11) is -3.93. The number of ether oxygens (including phenoxy) is 1. The second-order valence-corrected chi connectivity index (χ2v) is 12.0. The molecule has 0 unspecified atom stereocenters. The summed E-state index contributed by atoms with van der Waals surface area (Å²) >= 11 is 0. The van der Waals surface area contributed by atoms with Gasteiger partial charge in [-0.3, -0.25) is 9.59 Å². The topological polar surface area (TPSA) is 131 Å². The standard InChI is InChI=1S/C31H37F3N4O5S/c1-3-43-27-15-13-23(14-16-27)17-26(37-44(2,41)42)21-38(30(40)31(32,33)34)28(18-22-7-5-4-6-8-22)29(39)36-20-25-11-9-24(19-35)10-12-25/h4-16,26,28,37H,3,17-21,35H2,1-2H3,(H,36,39)/t26-,28+/m1/s1. The van der Waals surface area contributed by atoms with E-state index in [1.165, 1.54) is 0 Å². The number of halogens is 3. The van der Waals surface area contributed by atoms with E-state index in [0.29, 0.717) is 40.5 Å². The van der Waals surface area contributed by atoms with Crippen LogP contribution < -0.4 is 20.5 Å². The van der Waals surface area contributed by atoms with Gasteiger partial charge >= 0.3 is 12.1 Å². The summed E-state index contributed by atoms with van der Waals surface area (Å²) in [5.74, 6) is -2.52. The fourth-order valence-electron chi connectivity index (χ4n) is 4.65. The SMILES string of the molecule is CCOc1ccc(C[C@H](CN(C(=O)C(F)(F)F)[C@@H](Cc2ccccc2)C(=O)NCc2ccc(CN)cc2)NS(C)(=O)=O)cc1. The Morgan fingerprint density at radius 2 is 1.45 bits per heavy atom. The Morgan fingerprint density at radius 1 is 0.886 bits per heavy atom. The van der Waals surface area contributed by atoms with Gasteiger partial charge in [0.25, 0.3) is 0 Å². The number of nitrogens with two attached hydrogens (primary N) is 1. The summed E-state index contributed by atoms with van der Waals surface area (Å²) in [5, 5.41) is 2.65. The number of sulfonamides is 1. The highest BCUT2D eigenvalue weighted by Gasteiger charge is 2.47. The molecule has 238 valence electrons.